The van der Waals surface area contributed by atoms with Crippen LogP contribution < -0.4 is 10.5 Å². The van der Waals surface area contributed by atoms with E-state index in [1.54, 1.807) is 6.92 Å². The van der Waals surface area contributed by atoms with Crippen LogP contribution >= 0.6 is 11.6 Å². The lowest BCUT2D eigenvalue weighted by Gasteiger charge is -2.06. The zero-order valence-electron chi connectivity index (χ0n) is 9.33. The van der Waals surface area contributed by atoms with E-state index < -0.39 is 10.0 Å². The van der Waals surface area contributed by atoms with Crippen molar-refractivity contribution < 1.29 is 8.42 Å². The Labute approximate surface area is 106 Å². The molecule has 17 heavy (non-hydrogen) atoms. The van der Waals surface area contributed by atoms with Crippen molar-refractivity contribution in [3.05, 3.63) is 23.2 Å². The molecule has 6 heteroatoms. The van der Waals surface area contributed by atoms with Crippen LogP contribution in [-0.2, 0) is 10.0 Å². The van der Waals surface area contributed by atoms with Gasteiger partial charge in [0.15, 0.2) is 0 Å². The minimum absolute atomic E-state index is 0.101. The van der Waals surface area contributed by atoms with Gasteiger partial charge >= 0.3 is 0 Å². The van der Waals surface area contributed by atoms with Crippen molar-refractivity contribution >= 4 is 27.3 Å². The van der Waals surface area contributed by atoms with Crippen molar-refractivity contribution in [3.63, 3.8) is 0 Å². The maximum atomic E-state index is 11.8. The summed E-state index contributed by atoms with van der Waals surface area (Å²) < 4.78 is 26.0. The topological polar surface area (TPSA) is 72.2 Å². The minimum atomic E-state index is -3.54. The SMILES string of the molecule is CC#CCCNS(=O)(=O)c1ccc(Cl)c(N)c1. The van der Waals surface area contributed by atoms with E-state index in [2.05, 4.69) is 16.6 Å². The molecule has 4 nitrogen and oxygen atoms in total. The number of nitrogens with two attached hydrogens (primary N) is 1. The van der Waals surface area contributed by atoms with Gasteiger partial charge in [-0.1, -0.05) is 11.6 Å². The largest absolute Gasteiger partial charge is 0.397 e. The molecular formula is C11H13ClN2O2S. The summed E-state index contributed by atoms with van der Waals surface area (Å²) in [7, 11) is -3.54. The Balaban J connectivity index is 2.81. The van der Waals surface area contributed by atoms with Crippen molar-refractivity contribution in [2.45, 2.75) is 18.2 Å². The summed E-state index contributed by atoms with van der Waals surface area (Å²) in [5.74, 6) is 5.46. The summed E-state index contributed by atoms with van der Waals surface area (Å²) in [4.78, 5) is 0.101. The van der Waals surface area contributed by atoms with Crippen LogP contribution in [-0.4, -0.2) is 15.0 Å². The van der Waals surface area contributed by atoms with Crippen LogP contribution in [0, 0.1) is 11.8 Å². The number of hydrogen-bond acceptors (Lipinski definition) is 3. The van der Waals surface area contributed by atoms with Gasteiger partial charge in [-0.05, 0) is 25.1 Å². The van der Waals surface area contributed by atoms with Gasteiger partial charge < -0.3 is 5.73 Å². The number of hydrogen-bond donors (Lipinski definition) is 2. The molecule has 0 radical (unpaired) electrons. The molecule has 0 spiro atoms. The van der Waals surface area contributed by atoms with Crippen LogP contribution in [0.5, 0.6) is 0 Å². The maximum Gasteiger partial charge on any atom is 0.240 e. The third-order valence-electron chi connectivity index (χ3n) is 2.00. The van der Waals surface area contributed by atoms with E-state index in [9.17, 15) is 8.42 Å². The second kappa shape index (κ2) is 5.92. The van der Waals surface area contributed by atoms with E-state index in [0.29, 0.717) is 11.4 Å². The van der Waals surface area contributed by atoms with Crippen molar-refractivity contribution in [2.24, 2.45) is 0 Å². The van der Waals surface area contributed by atoms with Crippen LogP contribution in [0.1, 0.15) is 13.3 Å². The third kappa shape index (κ3) is 3.93. The van der Waals surface area contributed by atoms with Crippen LogP contribution in [0.25, 0.3) is 0 Å². The van der Waals surface area contributed by atoms with Crippen molar-refractivity contribution in [3.8, 4) is 11.8 Å². The van der Waals surface area contributed by atoms with Gasteiger partial charge in [0, 0.05) is 13.0 Å². The number of benzene rings is 1. The molecule has 1 aromatic rings. The van der Waals surface area contributed by atoms with Crippen LogP contribution in [0.15, 0.2) is 23.1 Å². The number of nitrogens with one attached hydrogen (secondary N) is 1. The Hall–Kier alpha value is -1.22. The Morgan fingerprint density at radius 3 is 2.76 bits per heavy atom. The van der Waals surface area contributed by atoms with E-state index in [1.165, 1.54) is 18.2 Å². The van der Waals surface area contributed by atoms with Gasteiger partial charge in [-0.15, -0.1) is 11.8 Å². The van der Waals surface area contributed by atoms with Crippen molar-refractivity contribution in [1.82, 2.24) is 4.72 Å². The average molecular weight is 273 g/mol. The molecule has 0 saturated heterocycles. The molecule has 0 saturated carbocycles. The molecular weight excluding hydrogens is 260 g/mol. The summed E-state index contributed by atoms with van der Waals surface area (Å²) >= 11 is 5.72. The van der Waals surface area contributed by atoms with Gasteiger partial charge in [-0.2, -0.15) is 0 Å². The van der Waals surface area contributed by atoms with Gasteiger partial charge in [-0.25, -0.2) is 13.1 Å². The lowest BCUT2D eigenvalue weighted by Crippen LogP contribution is -2.24. The van der Waals surface area contributed by atoms with E-state index >= 15 is 0 Å². The van der Waals surface area contributed by atoms with Gasteiger partial charge in [0.2, 0.25) is 10.0 Å². The van der Waals surface area contributed by atoms with Crippen molar-refractivity contribution in [2.75, 3.05) is 12.3 Å². The molecule has 0 aromatic heterocycles. The molecule has 3 N–H and O–H groups in total. The standard InChI is InChI=1S/C11H13ClN2O2S/c1-2-3-4-7-14-17(15,16)9-5-6-10(12)11(13)8-9/h5-6,8,14H,4,7,13H2,1H3. The first-order valence-corrected chi connectivity index (χ1v) is 6.78. The molecule has 0 atom stereocenters. The predicted octanol–water partition coefficient (Wildman–Crippen LogP) is 1.61. The molecule has 0 aliphatic heterocycles. The Morgan fingerprint density at radius 1 is 1.47 bits per heavy atom. The first kappa shape index (κ1) is 13.8. The summed E-state index contributed by atoms with van der Waals surface area (Å²) in [6.07, 6.45) is 0.471. The highest BCUT2D eigenvalue weighted by molar-refractivity contribution is 7.89. The lowest BCUT2D eigenvalue weighted by molar-refractivity contribution is 0.582. The van der Waals surface area contributed by atoms with Gasteiger partial charge in [0.25, 0.3) is 0 Å². The summed E-state index contributed by atoms with van der Waals surface area (Å²) in [6.45, 7) is 1.97. The fourth-order valence-corrected chi connectivity index (χ4v) is 2.33. The Kier molecular flexibility index (Phi) is 4.82. The van der Waals surface area contributed by atoms with E-state index in [1.807, 2.05) is 0 Å². The zero-order valence-corrected chi connectivity index (χ0v) is 10.9. The predicted molar refractivity (Wildman–Crippen MR) is 69.1 cm³/mol. The number of nitrogen functional groups attached to an aromatic ring is 1. The van der Waals surface area contributed by atoms with Crippen LogP contribution in [0.3, 0.4) is 0 Å². The highest BCUT2D eigenvalue weighted by Crippen LogP contribution is 2.21. The minimum Gasteiger partial charge on any atom is -0.397 e. The van der Waals surface area contributed by atoms with Crippen LogP contribution in [0.2, 0.25) is 5.02 Å². The molecule has 0 bridgehead atoms. The van der Waals surface area contributed by atoms with Gasteiger partial charge in [0.1, 0.15) is 0 Å². The molecule has 92 valence electrons. The van der Waals surface area contributed by atoms with Gasteiger partial charge in [-0.3, -0.25) is 0 Å². The molecule has 0 heterocycles. The smallest absolute Gasteiger partial charge is 0.240 e. The molecule has 0 aliphatic rings. The third-order valence-corrected chi connectivity index (χ3v) is 3.80. The maximum absolute atomic E-state index is 11.8. The second-order valence-corrected chi connectivity index (χ2v) is 5.43. The number of anilines is 1. The fraction of sp³-hybridized carbons (Fsp3) is 0.273. The summed E-state index contributed by atoms with van der Waals surface area (Å²) in [5.41, 5.74) is 5.79. The quantitative estimate of drug-likeness (QED) is 0.497. The molecule has 0 amide bonds. The number of halogens is 1. The second-order valence-electron chi connectivity index (χ2n) is 3.26. The first-order chi connectivity index (χ1) is 7.97. The average Bonchev–Trinajstić information content (AvgIpc) is 2.28. The highest BCUT2D eigenvalue weighted by atomic mass is 35.5. The monoisotopic (exact) mass is 272 g/mol. The lowest BCUT2D eigenvalue weighted by atomic mass is 10.3. The van der Waals surface area contributed by atoms with E-state index in [-0.39, 0.29) is 17.1 Å². The number of rotatable bonds is 4. The zero-order chi connectivity index (χ0) is 12.9. The Morgan fingerprint density at radius 2 is 2.18 bits per heavy atom. The van der Waals surface area contributed by atoms with E-state index in [0.717, 1.165) is 0 Å². The van der Waals surface area contributed by atoms with Crippen LogP contribution in [0.4, 0.5) is 5.69 Å². The molecule has 1 aromatic carbocycles. The molecule has 0 fully saturated rings. The molecule has 0 aliphatic carbocycles. The first-order valence-electron chi connectivity index (χ1n) is 4.91. The highest BCUT2D eigenvalue weighted by Gasteiger charge is 2.13. The normalized spacial score (nSPS) is 10.7. The number of sulfonamides is 1. The molecule has 1 rings (SSSR count). The molecule has 0 unspecified atom stereocenters. The van der Waals surface area contributed by atoms with Crippen molar-refractivity contribution in [1.29, 1.82) is 0 Å². The van der Waals surface area contributed by atoms with Gasteiger partial charge in [0.05, 0.1) is 15.6 Å². The summed E-state index contributed by atoms with van der Waals surface area (Å²) in [6, 6.07) is 4.19. The van der Waals surface area contributed by atoms with E-state index in [4.69, 9.17) is 17.3 Å². The summed E-state index contributed by atoms with van der Waals surface area (Å²) in [5, 5.41) is 0.334. The fourth-order valence-electron chi connectivity index (χ4n) is 1.15. The Bertz CT molecular complexity index is 559.